The van der Waals surface area contributed by atoms with Crippen molar-refractivity contribution >= 4 is 16.7 Å². The maximum Gasteiger partial charge on any atom is 0.218 e. The van der Waals surface area contributed by atoms with Gasteiger partial charge >= 0.3 is 0 Å². The van der Waals surface area contributed by atoms with Gasteiger partial charge in [0.1, 0.15) is 0 Å². The van der Waals surface area contributed by atoms with Gasteiger partial charge in [0.25, 0.3) is 0 Å². The lowest BCUT2D eigenvalue weighted by molar-refractivity contribution is 0.390. The van der Waals surface area contributed by atoms with Gasteiger partial charge < -0.3 is 10.5 Å². The van der Waals surface area contributed by atoms with Crippen molar-refractivity contribution in [2.24, 2.45) is 0 Å². The van der Waals surface area contributed by atoms with Crippen molar-refractivity contribution in [3.05, 3.63) is 48.2 Å². The zero-order valence-corrected chi connectivity index (χ0v) is 10.6. The van der Waals surface area contributed by atoms with Crippen LogP contribution in [0.2, 0.25) is 0 Å². The Hall–Kier alpha value is -2.56. The van der Waals surface area contributed by atoms with E-state index in [0.29, 0.717) is 18.2 Å². The van der Waals surface area contributed by atoms with Crippen LogP contribution in [0.1, 0.15) is 5.56 Å². The van der Waals surface area contributed by atoms with E-state index in [4.69, 9.17) is 10.5 Å². The molecule has 19 heavy (non-hydrogen) atoms. The number of rotatable bonds is 3. The molecule has 2 aromatic heterocycles. The number of benzene rings is 1. The maximum atomic E-state index is 5.92. The summed E-state index contributed by atoms with van der Waals surface area (Å²) >= 11 is 0. The number of nitrogens with zero attached hydrogens (tertiary/aromatic N) is 3. The second-order valence-electron chi connectivity index (χ2n) is 4.23. The van der Waals surface area contributed by atoms with E-state index >= 15 is 0 Å². The van der Waals surface area contributed by atoms with Crippen molar-refractivity contribution < 1.29 is 4.74 Å². The number of aromatic nitrogens is 3. The summed E-state index contributed by atoms with van der Waals surface area (Å²) in [5, 5.41) is 5.33. The van der Waals surface area contributed by atoms with Crippen LogP contribution >= 0.6 is 0 Å². The van der Waals surface area contributed by atoms with Gasteiger partial charge in [-0.2, -0.15) is 5.10 Å². The monoisotopic (exact) mass is 254 g/mol. The Morgan fingerprint density at radius 1 is 1.21 bits per heavy atom. The highest BCUT2D eigenvalue weighted by Crippen LogP contribution is 2.22. The van der Waals surface area contributed by atoms with Crippen molar-refractivity contribution in [2.45, 2.75) is 6.54 Å². The highest BCUT2D eigenvalue weighted by molar-refractivity contribution is 5.89. The van der Waals surface area contributed by atoms with Crippen molar-refractivity contribution in [1.82, 2.24) is 14.8 Å². The Bertz CT molecular complexity index is 720. The average molecular weight is 254 g/mol. The summed E-state index contributed by atoms with van der Waals surface area (Å²) in [6.07, 6.45) is 1.71. The summed E-state index contributed by atoms with van der Waals surface area (Å²) in [6, 6.07) is 11.7. The molecule has 0 saturated heterocycles. The molecule has 5 heteroatoms. The highest BCUT2D eigenvalue weighted by Gasteiger charge is 2.10. The summed E-state index contributed by atoms with van der Waals surface area (Å²) in [5.41, 5.74) is 7.90. The van der Waals surface area contributed by atoms with E-state index in [-0.39, 0.29) is 0 Å². The largest absolute Gasteiger partial charge is 0.481 e. The van der Waals surface area contributed by atoms with Gasteiger partial charge in [0, 0.05) is 17.1 Å². The standard InChI is InChI=1S/C14H14N4O/c1-19-14-10(5-4-8-16-14)9-18-12-7-3-2-6-11(12)13(15)17-18/h2-8H,9H2,1H3,(H2,15,17). The van der Waals surface area contributed by atoms with Crippen LogP contribution < -0.4 is 10.5 Å². The third-order valence-corrected chi connectivity index (χ3v) is 3.05. The lowest BCUT2D eigenvalue weighted by Crippen LogP contribution is -2.04. The Labute approximate surface area is 110 Å². The molecule has 0 aliphatic heterocycles. The number of ether oxygens (including phenoxy) is 1. The SMILES string of the molecule is COc1ncccc1Cn1nc(N)c2ccccc21. The molecule has 3 rings (SSSR count). The second-order valence-corrected chi connectivity index (χ2v) is 4.23. The van der Waals surface area contributed by atoms with Gasteiger partial charge in [0.15, 0.2) is 5.82 Å². The van der Waals surface area contributed by atoms with Crippen LogP contribution in [0, 0.1) is 0 Å². The minimum absolute atomic E-state index is 0.540. The van der Waals surface area contributed by atoms with Crippen LogP contribution in [-0.4, -0.2) is 21.9 Å². The van der Waals surface area contributed by atoms with Crippen LogP contribution in [0.4, 0.5) is 5.82 Å². The van der Waals surface area contributed by atoms with Gasteiger partial charge in [0.05, 0.1) is 19.2 Å². The number of para-hydroxylation sites is 1. The summed E-state index contributed by atoms with van der Waals surface area (Å²) in [7, 11) is 1.61. The number of fused-ring (bicyclic) bond motifs is 1. The molecule has 96 valence electrons. The number of nitrogen functional groups attached to an aromatic ring is 1. The number of pyridine rings is 1. The van der Waals surface area contributed by atoms with Gasteiger partial charge in [-0.3, -0.25) is 4.68 Å². The van der Waals surface area contributed by atoms with E-state index in [1.165, 1.54) is 0 Å². The molecule has 0 saturated carbocycles. The lowest BCUT2D eigenvalue weighted by atomic mass is 10.2. The first-order chi connectivity index (χ1) is 9.29. The van der Waals surface area contributed by atoms with Crippen molar-refractivity contribution in [3.8, 4) is 5.88 Å². The van der Waals surface area contributed by atoms with E-state index in [2.05, 4.69) is 10.1 Å². The fraction of sp³-hybridized carbons (Fsp3) is 0.143. The first-order valence-electron chi connectivity index (χ1n) is 5.98. The molecule has 2 N–H and O–H groups in total. The number of anilines is 1. The summed E-state index contributed by atoms with van der Waals surface area (Å²) < 4.78 is 7.12. The third kappa shape index (κ3) is 1.99. The first-order valence-corrected chi connectivity index (χ1v) is 5.98. The Morgan fingerprint density at radius 3 is 2.89 bits per heavy atom. The molecule has 0 fully saturated rings. The molecule has 3 aromatic rings. The molecule has 0 radical (unpaired) electrons. The van der Waals surface area contributed by atoms with E-state index in [1.54, 1.807) is 13.3 Å². The molecular formula is C14H14N4O. The predicted molar refractivity (Wildman–Crippen MR) is 74.0 cm³/mol. The number of hydrogen-bond acceptors (Lipinski definition) is 4. The minimum atomic E-state index is 0.540. The van der Waals surface area contributed by atoms with Crippen LogP contribution in [0.5, 0.6) is 5.88 Å². The van der Waals surface area contributed by atoms with Gasteiger partial charge in [-0.05, 0) is 18.2 Å². The molecule has 1 aromatic carbocycles. The van der Waals surface area contributed by atoms with Crippen LogP contribution in [0.3, 0.4) is 0 Å². The molecule has 0 unspecified atom stereocenters. The Balaban J connectivity index is 2.06. The maximum absolute atomic E-state index is 5.92. The molecule has 2 heterocycles. The smallest absolute Gasteiger partial charge is 0.218 e. The number of methoxy groups -OCH3 is 1. The average Bonchev–Trinajstić information content (AvgIpc) is 2.77. The summed E-state index contributed by atoms with van der Waals surface area (Å²) in [6.45, 7) is 0.578. The van der Waals surface area contributed by atoms with Crippen molar-refractivity contribution in [1.29, 1.82) is 0 Å². The van der Waals surface area contributed by atoms with E-state index in [0.717, 1.165) is 16.5 Å². The second kappa shape index (κ2) is 4.61. The number of hydrogen-bond donors (Lipinski definition) is 1. The number of nitrogens with two attached hydrogens (primary N) is 1. The van der Waals surface area contributed by atoms with Crippen LogP contribution in [-0.2, 0) is 6.54 Å². The molecule has 5 nitrogen and oxygen atoms in total. The van der Waals surface area contributed by atoms with E-state index in [9.17, 15) is 0 Å². The molecule has 0 aliphatic rings. The van der Waals surface area contributed by atoms with Crippen LogP contribution in [0.15, 0.2) is 42.6 Å². The van der Waals surface area contributed by atoms with Crippen molar-refractivity contribution in [2.75, 3.05) is 12.8 Å². The van der Waals surface area contributed by atoms with Gasteiger partial charge in [-0.1, -0.05) is 18.2 Å². The molecule has 0 atom stereocenters. The third-order valence-electron chi connectivity index (χ3n) is 3.05. The summed E-state index contributed by atoms with van der Waals surface area (Å²) in [5.74, 6) is 1.15. The van der Waals surface area contributed by atoms with Gasteiger partial charge in [-0.25, -0.2) is 4.98 Å². The van der Waals surface area contributed by atoms with Crippen molar-refractivity contribution in [3.63, 3.8) is 0 Å². The molecule has 0 spiro atoms. The van der Waals surface area contributed by atoms with Gasteiger partial charge in [0.2, 0.25) is 5.88 Å². The fourth-order valence-electron chi connectivity index (χ4n) is 2.16. The first kappa shape index (κ1) is 11.5. The zero-order chi connectivity index (χ0) is 13.2. The molecule has 0 amide bonds. The van der Waals surface area contributed by atoms with Crippen LogP contribution in [0.25, 0.3) is 10.9 Å². The fourth-order valence-corrected chi connectivity index (χ4v) is 2.16. The molecule has 0 aliphatic carbocycles. The highest BCUT2D eigenvalue weighted by atomic mass is 16.5. The summed E-state index contributed by atoms with van der Waals surface area (Å²) in [4.78, 5) is 4.19. The zero-order valence-electron chi connectivity index (χ0n) is 10.6. The topological polar surface area (TPSA) is 66.0 Å². The Kier molecular flexibility index (Phi) is 2.79. The lowest BCUT2D eigenvalue weighted by Gasteiger charge is -2.07. The molecular weight excluding hydrogens is 240 g/mol. The van der Waals surface area contributed by atoms with E-state index < -0.39 is 0 Å². The van der Waals surface area contributed by atoms with E-state index in [1.807, 2.05) is 41.1 Å². The molecule has 0 bridgehead atoms. The van der Waals surface area contributed by atoms with Gasteiger partial charge in [-0.15, -0.1) is 0 Å². The minimum Gasteiger partial charge on any atom is -0.481 e. The normalized spacial score (nSPS) is 10.8. The predicted octanol–water partition coefficient (Wildman–Crippen LogP) is 2.07. The quantitative estimate of drug-likeness (QED) is 0.777. The Morgan fingerprint density at radius 2 is 2.05 bits per heavy atom.